The Bertz CT molecular complexity index is 3740. The largest absolute Gasteiger partial charge is 0.551 e. The third-order valence-electron chi connectivity index (χ3n) is 12.7. The van der Waals surface area contributed by atoms with Crippen LogP contribution in [0, 0.1) is 0 Å². The Morgan fingerprint density at radius 3 is 1.93 bits per heavy atom. The van der Waals surface area contributed by atoms with Gasteiger partial charge >= 0.3 is 6.92 Å². The van der Waals surface area contributed by atoms with Crippen molar-refractivity contribution in [2.75, 3.05) is 0 Å². The minimum Gasteiger partial charge on any atom is -0.551 e. The van der Waals surface area contributed by atoms with Crippen LogP contribution in [0.3, 0.4) is 0 Å². The topological polar surface area (TPSA) is 49.7 Å². The summed E-state index contributed by atoms with van der Waals surface area (Å²) >= 11 is 0. The molecule has 6 heteroatoms. The quantitative estimate of drug-likeness (QED) is 0.168. The van der Waals surface area contributed by atoms with E-state index in [1.807, 2.05) is 30.3 Å². The maximum absolute atomic E-state index is 6.94. The Hall–Kier alpha value is -7.96. The van der Waals surface area contributed by atoms with Gasteiger partial charge in [0.15, 0.2) is 0 Å². The summed E-state index contributed by atoms with van der Waals surface area (Å²) in [6, 6.07) is 64.1. The molecule has 3 aromatic heterocycles. The van der Waals surface area contributed by atoms with Crippen molar-refractivity contribution in [1.29, 1.82) is 0 Å². The zero-order chi connectivity index (χ0) is 39.1. The zero-order valence-electron chi connectivity index (χ0n) is 32.0. The zero-order valence-corrected chi connectivity index (χ0v) is 32.0. The van der Waals surface area contributed by atoms with E-state index >= 15 is 0 Å². The molecule has 0 fully saturated rings. The van der Waals surface area contributed by atoms with E-state index in [0.717, 1.165) is 111 Å². The van der Waals surface area contributed by atoms with Crippen molar-refractivity contribution in [3.8, 4) is 56.3 Å². The highest BCUT2D eigenvalue weighted by molar-refractivity contribution is 6.84. The van der Waals surface area contributed by atoms with E-state index in [2.05, 4.69) is 156 Å². The first kappa shape index (κ1) is 32.1. The lowest BCUT2D eigenvalue weighted by molar-refractivity contribution is 0.480. The number of fused-ring (bicyclic) bond motifs is 14. The molecule has 2 aliphatic rings. The van der Waals surface area contributed by atoms with Crippen LogP contribution in [-0.2, 0) is 0 Å². The number of hydrogen-bond acceptors (Lipinski definition) is 4. The van der Waals surface area contributed by atoms with Gasteiger partial charge in [0.05, 0.1) is 16.4 Å². The highest BCUT2D eigenvalue weighted by Gasteiger charge is 2.41. The molecule has 14 rings (SSSR count). The van der Waals surface area contributed by atoms with Gasteiger partial charge in [-0.3, -0.25) is 0 Å². The second-order valence-electron chi connectivity index (χ2n) is 15.9. The number of furan rings is 2. The van der Waals surface area contributed by atoms with E-state index in [0.29, 0.717) is 0 Å². The predicted octanol–water partition coefficient (Wildman–Crippen LogP) is 13.2. The van der Waals surface area contributed by atoms with E-state index in [9.17, 15) is 0 Å². The summed E-state index contributed by atoms with van der Waals surface area (Å²) in [6.45, 7) is -0.306. The Morgan fingerprint density at radius 2 is 1.08 bits per heavy atom. The van der Waals surface area contributed by atoms with Gasteiger partial charge in [-0.2, -0.15) is 0 Å². The van der Waals surface area contributed by atoms with Crippen LogP contribution >= 0.6 is 0 Å². The van der Waals surface area contributed by atoms with Gasteiger partial charge in [-0.25, -0.2) is 0 Å². The number of aromatic nitrogens is 1. The van der Waals surface area contributed by atoms with Gasteiger partial charge < -0.3 is 22.8 Å². The normalized spacial score (nSPS) is 12.9. The lowest BCUT2D eigenvalue weighted by Crippen LogP contribution is -2.53. The monoisotopic (exact) mass is 767 g/mol. The SMILES string of the molecule is c1ccc2c(c1)OB1c3ccc(-c4ccc(-n5c6ccccc6c6ccccc65)cc4)cc3Oc3cc(-c4ccc5c(c4)oc4c5ccc5oc6ccccc6c54)cc-2c31. The summed E-state index contributed by atoms with van der Waals surface area (Å²) in [4.78, 5) is 0. The van der Waals surface area contributed by atoms with Crippen LogP contribution in [0.15, 0.2) is 191 Å². The van der Waals surface area contributed by atoms with Gasteiger partial charge in [-0.05, 0) is 107 Å². The van der Waals surface area contributed by atoms with E-state index in [-0.39, 0.29) is 6.92 Å². The fraction of sp³-hybridized carbons (Fsp3) is 0. The molecule has 0 radical (unpaired) electrons. The van der Waals surface area contributed by atoms with Crippen molar-refractivity contribution in [3.63, 3.8) is 0 Å². The van der Waals surface area contributed by atoms with Crippen LogP contribution in [0.5, 0.6) is 17.2 Å². The van der Waals surface area contributed by atoms with Crippen LogP contribution < -0.4 is 20.3 Å². The fourth-order valence-corrected chi connectivity index (χ4v) is 9.93. The number of nitrogens with zero attached hydrogens (tertiary/aromatic N) is 1. The molecular weight excluding hydrogens is 737 g/mol. The third-order valence-corrected chi connectivity index (χ3v) is 12.7. The molecule has 2 aliphatic heterocycles. The third kappa shape index (κ3) is 4.42. The standard InChI is InChI=1S/C54H30BNO4/c1-5-13-44-36(9-1)37-10-2-6-14-45(37)56(44)35-21-17-31(18-22-35)32-20-25-43-50(29-32)58-51-30-34(27-42-38-11-3-8-16-47(38)60-55(43)53(42)51)33-19-23-39-40-24-26-48-52(54(40)59-49(39)28-33)41-12-4-7-15-46(41)57-48/h1-30H. The van der Waals surface area contributed by atoms with Gasteiger partial charge in [-0.15, -0.1) is 0 Å². The Kier molecular flexibility index (Phi) is 6.31. The smallest absolute Gasteiger partial charge is 0.434 e. The van der Waals surface area contributed by atoms with Crippen molar-refractivity contribution in [2.45, 2.75) is 0 Å². The number of rotatable bonds is 3. The number of para-hydroxylation sites is 4. The minimum atomic E-state index is -0.306. The van der Waals surface area contributed by atoms with Crippen LogP contribution in [0.4, 0.5) is 0 Å². The molecule has 5 nitrogen and oxygen atoms in total. The molecule has 12 aromatic rings. The van der Waals surface area contributed by atoms with Crippen molar-refractivity contribution < 1.29 is 18.2 Å². The molecule has 60 heavy (non-hydrogen) atoms. The van der Waals surface area contributed by atoms with Gasteiger partial charge in [0.25, 0.3) is 0 Å². The Morgan fingerprint density at radius 1 is 0.400 bits per heavy atom. The summed E-state index contributed by atoms with van der Waals surface area (Å²) in [5, 5.41) is 6.71. The number of benzene rings is 9. The average Bonchev–Trinajstić information content (AvgIpc) is 3.98. The molecule has 0 aliphatic carbocycles. The first-order chi connectivity index (χ1) is 29.7. The molecule has 278 valence electrons. The van der Waals surface area contributed by atoms with Crippen molar-refractivity contribution >= 4 is 83.5 Å². The van der Waals surface area contributed by atoms with E-state index in [1.54, 1.807) is 0 Å². The summed E-state index contributed by atoms with van der Waals surface area (Å²) in [6.07, 6.45) is 0. The Labute approximate surface area is 343 Å². The highest BCUT2D eigenvalue weighted by Crippen LogP contribution is 2.44. The number of hydrogen-bond donors (Lipinski definition) is 0. The molecule has 0 saturated heterocycles. The molecule has 0 unspecified atom stereocenters. The lowest BCUT2D eigenvalue weighted by Gasteiger charge is -2.33. The van der Waals surface area contributed by atoms with Crippen LogP contribution in [0.2, 0.25) is 0 Å². The van der Waals surface area contributed by atoms with Crippen molar-refractivity contribution in [2.24, 2.45) is 0 Å². The fourth-order valence-electron chi connectivity index (χ4n) is 9.93. The van der Waals surface area contributed by atoms with Crippen molar-refractivity contribution in [3.05, 3.63) is 182 Å². The highest BCUT2D eigenvalue weighted by atomic mass is 16.5. The summed E-state index contributed by atoms with van der Waals surface area (Å²) in [5.74, 6) is 2.45. The average molecular weight is 768 g/mol. The van der Waals surface area contributed by atoms with Gasteiger partial charge in [0, 0.05) is 49.1 Å². The lowest BCUT2D eigenvalue weighted by atomic mass is 9.50. The molecular formula is C54H30BNO4. The second-order valence-corrected chi connectivity index (χ2v) is 15.9. The van der Waals surface area contributed by atoms with Gasteiger partial charge in [0.1, 0.15) is 39.6 Å². The Balaban J connectivity index is 0.875. The molecule has 0 N–H and O–H groups in total. The van der Waals surface area contributed by atoms with Gasteiger partial charge in [0.2, 0.25) is 0 Å². The van der Waals surface area contributed by atoms with Crippen LogP contribution in [0.1, 0.15) is 0 Å². The van der Waals surface area contributed by atoms with Gasteiger partial charge in [-0.1, -0.05) is 103 Å². The summed E-state index contributed by atoms with van der Waals surface area (Å²) < 4.78 is 29.0. The summed E-state index contributed by atoms with van der Waals surface area (Å²) in [7, 11) is 0. The first-order valence-electron chi connectivity index (χ1n) is 20.3. The first-order valence-corrected chi connectivity index (χ1v) is 20.3. The van der Waals surface area contributed by atoms with Crippen molar-refractivity contribution in [1.82, 2.24) is 4.57 Å². The molecule has 0 atom stereocenters. The van der Waals surface area contributed by atoms with E-state index < -0.39 is 0 Å². The molecule has 9 aromatic carbocycles. The molecule has 0 bridgehead atoms. The maximum atomic E-state index is 6.94. The molecule has 0 spiro atoms. The van der Waals surface area contributed by atoms with E-state index in [1.165, 1.54) is 21.8 Å². The molecule has 5 heterocycles. The molecule has 0 saturated carbocycles. The predicted molar refractivity (Wildman–Crippen MR) is 244 cm³/mol. The number of ether oxygens (including phenoxy) is 1. The minimum absolute atomic E-state index is 0.306. The summed E-state index contributed by atoms with van der Waals surface area (Å²) in [5.41, 5.74) is 15.4. The van der Waals surface area contributed by atoms with E-state index in [4.69, 9.17) is 18.2 Å². The molecule has 0 amide bonds. The van der Waals surface area contributed by atoms with Crippen LogP contribution in [0.25, 0.3) is 105 Å². The maximum Gasteiger partial charge on any atom is 0.434 e. The second kappa shape index (κ2) is 11.8. The van der Waals surface area contributed by atoms with Crippen LogP contribution in [-0.4, -0.2) is 11.5 Å².